The molecule has 0 fully saturated rings. The fraction of sp³-hybridized carbons (Fsp3) is 0.222. The molecule has 0 spiro atoms. The largest absolute Gasteiger partial charge is 0.325 e. The van der Waals surface area contributed by atoms with Gasteiger partial charge in [0.1, 0.15) is 6.04 Å². The van der Waals surface area contributed by atoms with Crippen molar-refractivity contribution in [2.75, 3.05) is 10.6 Å². The summed E-state index contributed by atoms with van der Waals surface area (Å²) in [4.78, 5) is 25.2. The van der Waals surface area contributed by atoms with Crippen LogP contribution in [0.3, 0.4) is 0 Å². The van der Waals surface area contributed by atoms with Crippen LogP contribution in [-0.4, -0.2) is 26.6 Å². The second-order valence-electron chi connectivity index (χ2n) is 6.10. The number of amides is 2. The van der Waals surface area contributed by atoms with E-state index >= 15 is 0 Å². The van der Waals surface area contributed by atoms with Crippen LogP contribution in [0.4, 0.5) is 11.4 Å². The van der Waals surface area contributed by atoms with E-state index in [1.54, 1.807) is 17.6 Å². The first kappa shape index (κ1) is 19.0. The monoisotopic (exact) mass is 401 g/mol. The number of hydrogen-bond donors (Lipinski definition) is 3. The third-order valence-corrected chi connectivity index (χ3v) is 5.11. The second-order valence-corrected chi connectivity index (χ2v) is 7.43. The van der Waals surface area contributed by atoms with E-state index in [1.165, 1.54) is 18.3 Å². The van der Waals surface area contributed by atoms with Crippen LogP contribution in [0.15, 0.2) is 35.7 Å². The average molecular weight is 402 g/mol. The highest BCUT2D eigenvalue weighted by molar-refractivity contribution is 7.71. The molecule has 0 saturated carbocycles. The lowest BCUT2D eigenvalue weighted by Gasteiger charge is -2.17. The minimum absolute atomic E-state index is 0.209. The van der Waals surface area contributed by atoms with E-state index in [-0.39, 0.29) is 11.8 Å². The lowest BCUT2D eigenvalue weighted by molar-refractivity contribution is -0.119. The van der Waals surface area contributed by atoms with Crippen molar-refractivity contribution in [3.05, 3.63) is 46.0 Å². The standard InChI is InChI=1S/C18H19N5O2S2/c1-10-6-7-13(19-12(3)24)14(9-10)20-17(25)11(2)23-16(21-22-18(23)26)15-5-4-8-27-15/h4-9,11H,1-3H3,(H,19,24)(H,20,25)(H,22,26). The molecule has 3 N–H and O–H groups in total. The van der Waals surface area contributed by atoms with Crippen LogP contribution in [-0.2, 0) is 9.59 Å². The van der Waals surface area contributed by atoms with Crippen LogP contribution in [0.2, 0.25) is 0 Å². The molecule has 2 heterocycles. The van der Waals surface area contributed by atoms with Gasteiger partial charge in [-0.2, -0.15) is 5.10 Å². The number of aromatic amines is 1. The molecule has 0 aliphatic carbocycles. The Hall–Kier alpha value is -2.78. The first-order chi connectivity index (χ1) is 12.9. The van der Waals surface area contributed by atoms with Crippen molar-refractivity contribution in [3.63, 3.8) is 0 Å². The predicted molar refractivity (Wildman–Crippen MR) is 110 cm³/mol. The SMILES string of the molecule is CC(=O)Nc1ccc(C)cc1NC(=O)C(C)n1c(-c2cccs2)n[nH]c1=S. The van der Waals surface area contributed by atoms with Crippen LogP contribution in [0.5, 0.6) is 0 Å². The molecule has 3 aromatic rings. The zero-order valence-corrected chi connectivity index (χ0v) is 16.7. The maximum absolute atomic E-state index is 12.9. The predicted octanol–water partition coefficient (Wildman–Crippen LogP) is 4.14. The Morgan fingerprint density at radius 3 is 2.70 bits per heavy atom. The lowest BCUT2D eigenvalue weighted by Crippen LogP contribution is -2.25. The van der Waals surface area contributed by atoms with Gasteiger partial charge in [-0.1, -0.05) is 12.1 Å². The highest BCUT2D eigenvalue weighted by Gasteiger charge is 2.22. The molecule has 0 radical (unpaired) electrons. The van der Waals surface area contributed by atoms with Gasteiger partial charge in [0.15, 0.2) is 10.6 Å². The molecule has 2 aromatic heterocycles. The molecule has 1 aromatic carbocycles. The molecule has 9 heteroatoms. The number of hydrogen-bond acceptors (Lipinski definition) is 5. The number of nitrogens with zero attached hydrogens (tertiary/aromatic N) is 2. The summed E-state index contributed by atoms with van der Waals surface area (Å²) in [6.45, 7) is 5.09. The third kappa shape index (κ3) is 4.15. The third-order valence-electron chi connectivity index (χ3n) is 3.96. The number of nitrogens with one attached hydrogen (secondary N) is 3. The Labute approximate surface area is 165 Å². The number of rotatable bonds is 5. The van der Waals surface area contributed by atoms with Gasteiger partial charge in [-0.15, -0.1) is 11.3 Å². The molecule has 3 rings (SSSR count). The highest BCUT2D eigenvalue weighted by Crippen LogP contribution is 2.28. The van der Waals surface area contributed by atoms with Gasteiger partial charge in [-0.05, 0) is 55.2 Å². The van der Waals surface area contributed by atoms with E-state index < -0.39 is 6.04 Å². The molecule has 0 aliphatic rings. The van der Waals surface area contributed by atoms with Crippen molar-refractivity contribution in [2.45, 2.75) is 26.8 Å². The Morgan fingerprint density at radius 2 is 2.04 bits per heavy atom. The summed E-state index contributed by atoms with van der Waals surface area (Å²) >= 11 is 6.84. The molecular weight excluding hydrogens is 382 g/mol. The fourth-order valence-corrected chi connectivity index (χ4v) is 3.66. The number of anilines is 2. The molecule has 0 saturated heterocycles. The van der Waals surface area contributed by atoms with Crippen molar-refractivity contribution in [2.24, 2.45) is 0 Å². The molecule has 1 unspecified atom stereocenters. The van der Waals surface area contributed by atoms with Gasteiger partial charge >= 0.3 is 0 Å². The lowest BCUT2D eigenvalue weighted by atomic mass is 10.1. The van der Waals surface area contributed by atoms with Crippen molar-refractivity contribution >= 4 is 46.7 Å². The van der Waals surface area contributed by atoms with Crippen molar-refractivity contribution in [3.8, 4) is 10.7 Å². The first-order valence-corrected chi connectivity index (χ1v) is 9.55. The van der Waals surface area contributed by atoms with Gasteiger partial charge in [0, 0.05) is 6.92 Å². The Bertz CT molecular complexity index is 1040. The van der Waals surface area contributed by atoms with Gasteiger partial charge in [0.2, 0.25) is 11.8 Å². The minimum atomic E-state index is -0.598. The minimum Gasteiger partial charge on any atom is -0.325 e. The zero-order valence-electron chi connectivity index (χ0n) is 15.1. The maximum Gasteiger partial charge on any atom is 0.247 e. The summed E-state index contributed by atoms with van der Waals surface area (Å²) < 4.78 is 2.05. The van der Waals surface area contributed by atoms with E-state index in [0.717, 1.165) is 10.4 Å². The fourth-order valence-electron chi connectivity index (χ4n) is 2.66. The van der Waals surface area contributed by atoms with Gasteiger partial charge in [0.05, 0.1) is 16.3 Å². The van der Waals surface area contributed by atoms with E-state index in [4.69, 9.17) is 12.2 Å². The molecule has 7 nitrogen and oxygen atoms in total. The normalized spacial score (nSPS) is 11.8. The van der Waals surface area contributed by atoms with Gasteiger partial charge in [-0.3, -0.25) is 19.3 Å². The van der Waals surface area contributed by atoms with E-state index in [0.29, 0.717) is 22.0 Å². The van der Waals surface area contributed by atoms with Crippen molar-refractivity contribution < 1.29 is 9.59 Å². The highest BCUT2D eigenvalue weighted by atomic mass is 32.1. The molecule has 1 atom stereocenters. The first-order valence-electron chi connectivity index (χ1n) is 8.26. The number of carbonyl (C=O) groups excluding carboxylic acids is 2. The van der Waals surface area contributed by atoms with Crippen molar-refractivity contribution in [1.82, 2.24) is 14.8 Å². The smallest absolute Gasteiger partial charge is 0.247 e. The molecule has 0 bridgehead atoms. The second kappa shape index (κ2) is 7.85. The van der Waals surface area contributed by atoms with Crippen LogP contribution in [0, 0.1) is 11.7 Å². The number of thiophene rings is 1. The van der Waals surface area contributed by atoms with E-state index in [1.807, 2.05) is 36.6 Å². The number of benzene rings is 1. The van der Waals surface area contributed by atoms with Gasteiger partial charge < -0.3 is 10.6 Å². The van der Waals surface area contributed by atoms with Crippen LogP contribution in [0.1, 0.15) is 25.5 Å². The summed E-state index contributed by atoms with van der Waals surface area (Å²) in [7, 11) is 0. The number of carbonyl (C=O) groups is 2. The topological polar surface area (TPSA) is 91.8 Å². The summed E-state index contributed by atoms with van der Waals surface area (Å²) in [5.74, 6) is 0.144. The van der Waals surface area contributed by atoms with Gasteiger partial charge in [0.25, 0.3) is 0 Å². The molecule has 2 amide bonds. The quantitative estimate of drug-likeness (QED) is 0.561. The number of aryl methyl sites for hydroxylation is 1. The van der Waals surface area contributed by atoms with Crippen LogP contribution in [0.25, 0.3) is 10.7 Å². The van der Waals surface area contributed by atoms with Gasteiger partial charge in [-0.25, -0.2) is 0 Å². The summed E-state index contributed by atoms with van der Waals surface area (Å²) in [6.07, 6.45) is 0. The molecule has 140 valence electrons. The zero-order chi connectivity index (χ0) is 19.6. The summed E-state index contributed by atoms with van der Waals surface area (Å²) in [5, 5.41) is 14.6. The van der Waals surface area contributed by atoms with Crippen molar-refractivity contribution in [1.29, 1.82) is 0 Å². The van der Waals surface area contributed by atoms with Crippen LogP contribution < -0.4 is 10.6 Å². The molecular formula is C18H19N5O2S2. The van der Waals surface area contributed by atoms with E-state index in [9.17, 15) is 9.59 Å². The van der Waals surface area contributed by atoms with Crippen LogP contribution >= 0.6 is 23.6 Å². The Kier molecular flexibility index (Phi) is 5.52. The maximum atomic E-state index is 12.9. The Balaban J connectivity index is 1.90. The molecule has 0 aliphatic heterocycles. The average Bonchev–Trinajstić information content (AvgIpc) is 3.25. The molecule has 27 heavy (non-hydrogen) atoms. The summed E-state index contributed by atoms with van der Waals surface area (Å²) in [5.41, 5.74) is 2.05. The number of H-pyrrole nitrogens is 1. The number of aromatic nitrogens is 3. The van der Waals surface area contributed by atoms with E-state index in [2.05, 4.69) is 20.8 Å². The Morgan fingerprint density at radius 1 is 1.26 bits per heavy atom. The summed E-state index contributed by atoms with van der Waals surface area (Å²) in [6, 6.07) is 8.68.